The fraction of sp³-hybridized carbons (Fsp3) is 1.00. The van der Waals surface area contributed by atoms with Crippen LogP contribution in [0.25, 0.3) is 0 Å². The second kappa shape index (κ2) is 31.0. The van der Waals surface area contributed by atoms with E-state index in [-0.39, 0.29) is 0 Å². The lowest BCUT2D eigenvalue weighted by atomic mass is 9.90. The number of hydrogen-bond acceptors (Lipinski definition) is 0. The molecule has 0 N–H and O–H groups in total. The highest BCUT2D eigenvalue weighted by molar-refractivity contribution is 4.61. The van der Waals surface area contributed by atoms with Crippen LogP contribution in [0.2, 0.25) is 0 Å². The molecular weight excluding hydrogens is 408 g/mol. The van der Waals surface area contributed by atoms with Crippen LogP contribution in [-0.4, -0.2) is 0 Å². The summed E-state index contributed by atoms with van der Waals surface area (Å²) in [6.45, 7) is 6.99. The molecular formula is C34H70. The SMILES string of the molecule is CCCCCCCCCCCCCCCCC(CCCC)CCCCCCCCCCCCC. The fourth-order valence-electron chi connectivity index (χ4n) is 5.65. The van der Waals surface area contributed by atoms with E-state index in [0.29, 0.717) is 0 Å². The van der Waals surface area contributed by atoms with Gasteiger partial charge in [0.25, 0.3) is 0 Å². The van der Waals surface area contributed by atoms with Crippen molar-refractivity contribution < 1.29 is 0 Å². The summed E-state index contributed by atoms with van der Waals surface area (Å²) >= 11 is 0. The van der Waals surface area contributed by atoms with Crippen LogP contribution in [0.3, 0.4) is 0 Å². The maximum Gasteiger partial charge on any atom is -0.0414 e. The lowest BCUT2D eigenvalue weighted by molar-refractivity contribution is 0.370. The van der Waals surface area contributed by atoms with E-state index in [0.717, 1.165) is 5.92 Å². The monoisotopic (exact) mass is 479 g/mol. The first kappa shape index (κ1) is 34.0. The van der Waals surface area contributed by atoms with Gasteiger partial charge < -0.3 is 0 Å². The Morgan fingerprint density at radius 2 is 0.441 bits per heavy atom. The van der Waals surface area contributed by atoms with E-state index in [2.05, 4.69) is 20.8 Å². The van der Waals surface area contributed by atoms with Gasteiger partial charge in [-0.3, -0.25) is 0 Å². The molecule has 0 radical (unpaired) electrons. The maximum absolute atomic E-state index is 2.37. The molecule has 0 heterocycles. The summed E-state index contributed by atoms with van der Waals surface area (Å²) in [5, 5.41) is 0. The molecule has 0 aromatic carbocycles. The van der Waals surface area contributed by atoms with Gasteiger partial charge in [0.1, 0.15) is 0 Å². The summed E-state index contributed by atoms with van der Waals surface area (Å²) in [5.41, 5.74) is 0. The van der Waals surface area contributed by atoms with Gasteiger partial charge in [-0.25, -0.2) is 0 Å². The van der Waals surface area contributed by atoms with Gasteiger partial charge in [-0.1, -0.05) is 213 Å². The van der Waals surface area contributed by atoms with E-state index < -0.39 is 0 Å². The second-order valence-corrected chi connectivity index (χ2v) is 11.7. The first-order valence-corrected chi connectivity index (χ1v) is 16.8. The zero-order valence-electron chi connectivity index (χ0n) is 24.8. The zero-order valence-corrected chi connectivity index (χ0v) is 24.8. The van der Waals surface area contributed by atoms with Gasteiger partial charge in [0.05, 0.1) is 0 Å². The molecule has 0 aromatic heterocycles. The van der Waals surface area contributed by atoms with Crippen LogP contribution in [-0.2, 0) is 0 Å². The number of hydrogen-bond donors (Lipinski definition) is 0. The Bertz CT molecular complexity index is 333. The van der Waals surface area contributed by atoms with Crippen molar-refractivity contribution in [3.8, 4) is 0 Å². The van der Waals surface area contributed by atoms with E-state index in [1.807, 2.05) is 0 Å². The standard InChI is InChI=1S/C34H70/c1-4-7-10-12-14-16-18-19-20-22-24-26-28-30-33-34(31-9-6-3)32-29-27-25-23-21-17-15-13-11-8-5-2/h34H,4-33H2,1-3H3. The molecule has 0 fully saturated rings. The quantitative estimate of drug-likeness (QED) is 0.0900. The molecule has 0 saturated carbocycles. The van der Waals surface area contributed by atoms with Crippen molar-refractivity contribution in [1.29, 1.82) is 0 Å². The molecule has 0 nitrogen and oxygen atoms in total. The summed E-state index contributed by atoms with van der Waals surface area (Å²) in [6.07, 6.45) is 44.3. The van der Waals surface area contributed by atoms with Gasteiger partial charge in [0.15, 0.2) is 0 Å². The highest BCUT2D eigenvalue weighted by atomic mass is 14.1. The first-order valence-electron chi connectivity index (χ1n) is 16.8. The molecule has 0 aliphatic rings. The highest BCUT2D eigenvalue weighted by Gasteiger charge is 2.08. The molecule has 0 bridgehead atoms. The smallest absolute Gasteiger partial charge is 0.0414 e. The van der Waals surface area contributed by atoms with Crippen LogP contribution < -0.4 is 0 Å². The van der Waals surface area contributed by atoms with Crippen LogP contribution >= 0.6 is 0 Å². The molecule has 0 aromatic rings. The van der Waals surface area contributed by atoms with Gasteiger partial charge >= 0.3 is 0 Å². The van der Waals surface area contributed by atoms with Crippen molar-refractivity contribution in [3.05, 3.63) is 0 Å². The molecule has 0 heteroatoms. The highest BCUT2D eigenvalue weighted by Crippen LogP contribution is 2.24. The Morgan fingerprint density at radius 3 is 0.706 bits per heavy atom. The van der Waals surface area contributed by atoms with Gasteiger partial charge in [0, 0.05) is 0 Å². The van der Waals surface area contributed by atoms with Gasteiger partial charge in [-0.15, -0.1) is 0 Å². The molecule has 34 heavy (non-hydrogen) atoms. The van der Waals surface area contributed by atoms with Gasteiger partial charge in [-0.05, 0) is 5.92 Å². The summed E-state index contributed by atoms with van der Waals surface area (Å²) in [5.74, 6) is 1.04. The van der Waals surface area contributed by atoms with E-state index in [9.17, 15) is 0 Å². The fourth-order valence-corrected chi connectivity index (χ4v) is 5.65. The minimum absolute atomic E-state index is 1.04. The molecule has 0 saturated heterocycles. The minimum Gasteiger partial charge on any atom is -0.0654 e. The molecule has 0 rings (SSSR count). The Balaban J connectivity index is 3.48. The van der Waals surface area contributed by atoms with Crippen LogP contribution in [0.4, 0.5) is 0 Å². The first-order chi connectivity index (χ1) is 16.8. The molecule has 0 aliphatic carbocycles. The molecule has 0 aliphatic heterocycles. The summed E-state index contributed by atoms with van der Waals surface area (Å²) in [7, 11) is 0. The van der Waals surface area contributed by atoms with Crippen molar-refractivity contribution in [2.45, 2.75) is 213 Å². The molecule has 0 amide bonds. The van der Waals surface area contributed by atoms with Crippen molar-refractivity contribution >= 4 is 0 Å². The largest absolute Gasteiger partial charge is 0.0654 e. The predicted octanol–water partition coefficient (Wildman–Crippen LogP) is 13.4. The number of rotatable bonds is 30. The normalized spacial score (nSPS) is 12.4. The van der Waals surface area contributed by atoms with Crippen LogP contribution in [0.15, 0.2) is 0 Å². The molecule has 206 valence electrons. The lowest BCUT2D eigenvalue weighted by Crippen LogP contribution is -2.01. The molecule has 1 unspecified atom stereocenters. The molecule has 1 atom stereocenters. The van der Waals surface area contributed by atoms with Crippen molar-refractivity contribution in [2.75, 3.05) is 0 Å². The molecule has 0 spiro atoms. The van der Waals surface area contributed by atoms with Crippen molar-refractivity contribution in [3.63, 3.8) is 0 Å². The van der Waals surface area contributed by atoms with E-state index >= 15 is 0 Å². The lowest BCUT2D eigenvalue weighted by Gasteiger charge is -2.16. The average Bonchev–Trinajstić information content (AvgIpc) is 2.85. The third kappa shape index (κ3) is 28.2. The average molecular weight is 479 g/mol. The summed E-state index contributed by atoms with van der Waals surface area (Å²) in [4.78, 5) is 0. The van der Waals surface area contributed by atoms with E-state index in [1.165, 1.54) is 193 Å². The van der Waals surface area contributed by atoms with Crippen LogP contribution in [0.5, 0.6) is 0 Å². The van der Waals surface area contributed by atoms with E-state index in [4.69, 9.17) is 0 Å². The Kier molecular flexibility index (Phi) is 31.0. The third-order valence-corrected chi connectivity index (χ3v) is 8.15. The van der Waals surface area contributed by atoms with Crippen molar-refractivity contribution in [1.82, 2.24) is 0 Å². The third-order valence-electron chi connectivity index (χ3n) is 8.15. The summed E-state index contributed by atoms with van der Waals surface area (Å²) in [6, 6.07) is 0. The topological polar surface area (TPSA) is 0 Å². The number of unbranched alkanes of at least 4 members (excludes halogenated alkanes) is 24. The Morgan fingerprint density at radius 1 is 0.235 bits per heavy atom. The van der Waals surface area contributed by atoms with Crippen molar-refractivity contribution in [2.24, 2.45) is 5.92 Å². The van der Waals surface area contributed by atoms with Gasteiger partial charge in [-0.2, -0.15) is 0 Å². The summed E-state index contributed by atoms with van der Waals surface area (Å²) < 4.78 is 0. The maximum atomic E-state index is 2.37. The Hall–Kier alpha value is 0. The van der Waals surface area contributed by atoms with Gasteiger partial charge in [0.2, 0.25) is 0 Å². The van der Waals surface area contributed by atoms with Crippen LogP contribution in [0.1, 0.15) is 213 Å². The van der Waals surface area contributed by atoms with E-state index in [1.54, 1.807) is 0 Å². The second-order valence-electron chi connectivity index (χ2n) is 11.7. The predicted molar refractivity (Wildman–Crippen MR) is 159 cm³/mol. The Labute approximate surface area is 219 Å². The zero-order chi connectivity index (χ0) is 24.8. The minimum atomic E-state index is 1.04. The van der Waals surface area contributed by atoms with Crippen LogP contribution in [0, 0.1) is 5.92 Å².